The smallest absolute Gasteiger partial charge is 0.123 e. The van der Waals surface area contributed by atoms with Crippen molar-refractivity contribution in [3.8, 4) is 5.75 Å². The fraction of sp³-hybridized carbons (Fsp3) is 0.302. The van der Waals surface area contributed by atoms with Crippen LogP contribution in [-0.2, 0) is 10.8 Å². The zero-order chi connectivity index (χ0) is 35.1. The van der Waals surface area contributed by atoms with Crippen molar-refractivity contribution in [1.82, 2.24) is 0 Å². The van der Waals surface area contributed by atoms with Crippen LogP contribution in [0.3, 0.4) is 0 Å². The lowest BCUT2D eigenvalue weighted by Crippen LogP contribution is -2.36. The van der Waals surface area contributed by atoms with Gasteiger partial charge in [0.2, 0.25) is 0 Å². The number of thioether (sulfide) groups is 1. The number of para-hydroxylation sites is 2. The molecule has 0 aliphatic rings. The zero-order valence-corrected chi connectivity index (χ0v) is 30.8. The summed E-state index contributed by atoms with van der Waals surface area (Å²) in [5.41, 5.74) is 7.95. The SMILES string of the molecule is CC(CNc1ccc(Nc2ccccc2)cc1)(CNc1ccc(Nc2ccccc2)cc1)CSc1cc(C(C)(C)C)c(O)c(C(C)(C)C)c1. The van der Waals surface area contributed by atoms with Gasteiger partial charge in [-0.3, -0.25) is 0 Å². The molecule has 0 heterocycles. The van der Waals surface area contributed by atoms with E-state index in [4.69, 9.17) is 0 Å². The third-order valence-corrected chi connectivity index (χ3v) is 10.0. The first-order chi connectivity index (χ1) is 23.3. The van der Waals surface area contributed by atoms with Gasteiger partial charge < -0.3 is 26.4 Å². The number of phenolic OH excluding ortho intramolecular Hbond substituents is 1. The van der Waals surface area contributed by atoms with Crippen LogP contribution in [0.25, 0.3) is 0 Å². The average molecular weight is 673 g/mol. The second-order valence-electron chi connectivity index (χ2n) is 15.3. The lowest BCUT2D eigenvalue weighted by atomic mass is 9.79. The van der Waals surface area contributed by atoms with Crippen LogP contribution < -0.4 is 21.3 Å². The quantitative estimate of drug-likeness (QED) is 0.0802. The highest BCUT2D eigenvalue weighted by molar-refractivity contribution is 7.99. The van der Waals surface area contributed by atoms with Crippen LogP contribution in [-0.4, -0.2) is 23.9 Å². The van der Waals surface area contributed by atoms with Gasteiger partial charge in [0, 0.05) is 74.4 Å². The van der Waals surface area contributed by atoms with Gasteiger partial charge in [-0.15, -0.1) is 11.8 Å². The normalized spacial score (nSPS) is 12.0. The minimum absolute atomic E-state index is 0.117. The molecule has 6 heteroatoms. The van der Waals surface area contributed by atoms with Gasteiger partial charge >= 0.3 is 0 Å². The Morgan fingerprint density at radius 3 is 1.20 bits per heavy atom. The Morgan fingerprint density at radius 1 is 0.490 bits per heavy atom. The van der Waals surface area contributed by atoms with Crippen LogP contribution in [0.2, 0.25) is 0 Å². The van der Waals surface area contributed by atoms with E-state index < -0.39 is 0 Å². The van der Waals surface area contributed by atoms with Gasteiger partial charge in [0.15, 0.2) is 0 Å². The summed E-state index contributed by atoms with van der Waals surface area (Å²) in [5.74, 6) is 1.30. The molecule has 0 aliphatic heterocycles. The van der Waals surface area contributed by atoms with Crippen molar-refractivity contribution < 1.29 is 5.11 Å². The molecule has 0 saturated carbocycles. The summed E-state index contributed by atoms with van der Waals surface area (Å²) >= 11 is 1.86. The number of anilines is 6. The molecule has 0 fully saturated rings. The van der Waals surface area contributed by atoms with Gasteiger partial charge in [-0.25, -0.2) is 0 Å². The number of nitrogens with one attached hydrogen (secondary N) is 4. The largest absolute Gasteiger partial charge is 0.507 e. The van der Waals surface area contributed by atoms with Gasteiger partial charge in [-0.2, -0.15) is 0 Å². The Hall–Kier alpha value is -4.55. The molecule has 0 unspecified atom stereocenters. The minimum Gasteiger partial charge on any atom is -0.507 e. The lowest BCUT2D eigenvalue weighted by Gasteiger charge is -2.32. The summed E-state index contributed by atoms with van der Waals surface area (Å²) in [4.78, 5) is 1.19. The van der Waals surface area contributed by atoms with E-state index in [0.29, 0.717) is 5.75 Å². The molecule has 256 valence electrons. The summed E-state index contributed by atoms with van der Waals surface area (Å²) in [6.45, 7) is 16.9. The maximum absolute atomic E-state index is 11.3. The van der Waals surface area contributed by atoms with Crippen LogP contribution in [0.5, 0.6) is 5.75 Å². The molecular weight excluding hydrogens is 621 g/mol. The first-order valence-electron chi connectivity index (χ1n) is 17.1. The van der Waals surface area contributed by atoms with Crippen LogP contribution >= 0.6 is 11.8 Å². The van der Waals surface area contributed by atoms with Crippen LogP contribution in [0.4, 0.5) is 34.1 Å². The third kappa shape index (κ3) is 10.2. The summed E-state index contributed by atoms with van der Waals surface area (Å²) in [6, 6.07) is 41.8. The maximum Gasteiger partial charge on any atom is 0.123 e. The second-order valence-corrected chi connectivity index (χ2v) is 16.4. The zero-order valence-electron chi connectivity index (χ0n) is 30.0. The van der Waals surface area contributed by atoms with Crippen molar-refractivity contribution in [2.75, 3.05) is 40.1 Å². The van der Waals surface area contributed by atoms with Crippen LogP contribution in [0.1, 0.15) is 59.6 Å². The Balaban J connectivity index is 1.32. The molecule has 0 radical (unpaired) electrons. The van der Waals surface area contributed by atoms with Crippen molar-refractivity contribution in [3.63, 3.8) is 0 Å². The fourth-order valence-corrected chi connectivity index (χ4v) is 6.73. The first-order valence-corrected chi connectivity index (χ1v) is 18.1. The number of hydrogen-bond donors (Lipinski definition) is 5. The predicted molar refractivity (Wildman–Crippen MR) is 214 cm³/mol. The number of hydrogen-bond acceptors (Lipinski definition) is 6. The average Bonchev–Trinajstić information content (AvgIpc) is 3.07. The van der Waals surface area contributed by atoms with Gasteiger partial charge in [0.05, 0.1) is 0 Å². The number of rotatable bonds is 13. The summed E-state index contributed by atoms with van der Waals surface area (Å²) in [6.07, 6.45) is 0. The molecule has 5 aromatic rings. The Morgan fingerprint density at radius 2 is 0.837 bits per heavy atom. The van der Waals surface area contributed by atoms with E-state index in [1.807, 2.05) is 48.2 Å². The summed E-state index contributed by atoms with van der Waals surface area (Å²) < 4.78 is 0. The molecule has 49 heavy (non-hydrogen) atoms. The fourth-order valence-electron chi connectivity index (χ4n) is 5.61. The van der Waals surface area contributed by atoms with Gasteiger partial charge in [0.25, 0.3) is 0 Å². The van der Waals surface area contributed by atoms with Crippen molar-refractivity contribution in [1.29, 1.82) is 0 Å². The van der Waals surface area contributed by atoms with E-state index in [9.17, 15) is 5.11 Å². The molecule has 5 rings (SSSR count). The molecule has 0 atom stereocenters. The molecule has 5 aromatic carbocycles. The van der Waals surface area contributed by atoms with Crippen molar-refractivity contribution in [3.05, 3.63) is 132 Å². The molecule has 0 aliphatic carbocycles. The molecular formula is C43H52N4OS. The first kappa shape index (κ1) is 35.7. The predicted octanol–water partition coefficient (Wildman–Crippen LogP) is 11.8. The molecule has 0 spiro atoms. The van der Waals surface area contributed by atoms with Crippen molar-refractivity contribution in [2.24, 2.45) is 5.41 Å². The standard InChI is InChI=1S/C43H52N4OS/c1-41(2,3)38-26-37(27-39(40(38)48)42(4,5)6)49-30-43(7,28-44-31-18-22-35(23-19-31)46-33-14-10-8-11-15-33)29-45-32-20-24-36(25-21-32)47-34-16-12-9-13-17-34/h8-27,44-48H,28-30H2,1-7H3. The molecule has 5 N–H and O–H groups in total. The number of phenols is 1. The van der Waals surface area contributed by atoms with E-state index in [-0.39, 0.29) is 16.2 Å². The van der Waals surface area contributed by atoms with Gasteiger partial charge in [-0.1, -0.05) is 84.9 Å². The van der Waals surface area contributed by atoms with Crippen molar-refractivity contribution >= 4 is 45.9 Å². The molecule has 5 nitrogen and oxygen atoms in total. The second kappa shape index (κ2) is 15.3. The maximum atomic E-state index is 11.3. The Kier molecular flexibility index (Phi) is 11.2. The molecule has 0 amide bonds. The van der Waals surface area contributed by atoms with Gasteiger partial charge in [-0.05, 0) is 95.8 Å². The van der Waals surface area contributed by atoms with E-state index in [1.165, 1.54) is 4.90 Å². The monoisotopic (exact) mass is 672 g/mol. The topological polar surface area (TPSA) is 68.3 Å². The molecule has 0 aromatic heterocycles. The summed E-state index contributed by atoms with van der Waals surface area (Å²) in [7, 11) is 0. The van der Waals surface area contributed by atoms with Crippen molar-refractivity contribution in [2.45, 2.75) is 64.2 Å². The lowest BCUT2D eigenvalue weighted by molar-refractivity contribution is 0.421. The third-order valence-electron chi connectivity index (χ3n) is 8.62. The number of benzene rings is 5. The molecule has 0 saturated heterocycles. The Bertz CT molecular complexity index is 1650. The summed E-state index contributed by atoms with van der Waals surface area (Å²) in [5, 5.41) is 25.7. The van der Waals surface area contributed by atoms with E-state index in [2.05, 4.69) is 155 Å². The number of aromatic hydroxyl groups is 1. The van der Waals surface area contributed by atoms with Crippen LogP contribution in [0.15, 0.2) is 126 Å². The Labute approximate surface area is 298 Å². The van der Waals surface area contributed by atoms with E-state index in [0.717, 1.165) is 64.1 Å². The van der Waals surface area contributed by atoms with E-state index in [1.54, 1.807) is 0 Å². The highest BCUT2D eigenvalue weighted by Gasteiger charge is 2.29. The van der Waals surface area contributed by atoms with Gasteiger partial charge in [0.1, 0.15) is 5.75 Å². The molecule has 0 bridgehead atoms. The highest BCUT2D eigenvalue weighted by Crippen LogP contribution is 2.42. The van der Waals surface area contributed by atoms with E-state index >= 15 is 0 Å². The minimum atomic E-state index is -0.171. The highest BCUT2D eigenvalue weighted by atomic mass is 32.2. The van der Waals surface area contributed by atoms with Crippen LogP contribution in [0, 0.1) is 5.41 Å².